The molecule has 0 bridgehead atoms. The SMILES string of the molecule is CCOc1ccc(OCC(O)COc2ccc(NC(C)=O)cc2)cc1. The molecule has 0 aromatic heterocycles. The van der Waals surface area contributed by atoms with Crippen molar-refractivity contribution in [1.29, 1.82) is 0 Å². The first-order valence-electron chi connectivity index (χ1n) is 8.11. The van der Waals surface area contributed by atoms with E-state index in [1.54, 1.807) is 36.4 Å². The number of hydrogen-bond donors (Lipinski definition) is 2. The zero-order valence-corrected chi connectivity index (χ0v) is 14.4. The summed E-state index contributed by atoms with van der Waals surface area (Å²) in [6.07, 6.45) is -0.762. The van der Waals surface area contributed by atoms with E-state index in [0.717, 1.165) is 5.75 Å². The predicted octanol–water partition coefficient (Wildman–Crippen LogP) is 2.86. The molecule has 0 heterocycles. The highest BCUT2D eigenvalue weighted by molar-refractivity contribution is 5.88. The van der Waals surface area contributed by atoms with Gasteiger partial charge in [-0.1, -0.05) is 0 Å². The number of nitrogens with one attached hydrogen (secondary N) is 1. The number of hydrogen-bond acceptors (Lipinski definition) is 5. The van der Waals surface area contributed by atoms with Gasteiger partial charge in [0.25, 0.3) is 0 Å². The molecule has 2 rings (SSSR count). The first kappa shape index (κ1) is 18.6. The summed E-state index contributed by atoms with van der Waals surface area (Å²) >= 11 is 0. The summed E-state index contributed by atoms with van der Waals surface area (Å²) in [4.78, 5) is 11.0. The number of aliphatic hydroxyl groups is 1. The number of rotatable bonds is 9. The molecule has 2 aromatic rings. The molecule has 2 N–H and O–H groups in total. The van der Waals surface area contributed by atoms with Crippen LogP contribution < -0.4 is 19.5 Å². The van der Waals surface area contributed by atoms with Crippen LogP contribution in [0.1, 0.15) is 13.8 Å². The molecule has 0 spiro atoms. The Morgan fingerprint density at radius 1 is 0.920 bits per heavy atom. The molecule has 0 saturated carbocycles. The van der Waals surface area contributed by atoms with E-state index in [1.165, 1.54) is 6.92 Å². The molecule has 1 atom stereocenters. The molecule has 6 heteroatoms. The Labute approximate surface area is 147 Å². The van der Waals surface area contributed by atoms with Crippen molar-refractivity contribution in [3.05, 3.63) is 48.5 Å². The van der Waals surface area contributed by atoms with Gasteiger partial charge >= 0.3 is 0 Å². The van der Waals surface area contributed by atoms with Gasteiger partial charge in [-0.15, -0.1) is 0 Å². The average molecular weight is 345 g/mol. The topological polar surface area (TPSA) is 77.0 Å². The van der Waals surface area contributed by atoms with Crippen LogP contribution in [0, 0.1) is 0 Å². The van der Waals surface area contributed by atoms with Crippen molar-refractivity contribution < 1.29 is 24.1 Å². The molecule has 0 aliphatic heterocycles. The number of ether oxygens (including phenoxy) is 3. The van der Waals surface area contributed by atoms with E-state index in [-0.39, 0.29) is 19.1 Å². The van der Waals surface area contributed by atoms with Gasteiger partial charge in [0.1, 0.15) is 36.6 Å². The van der Waals surface area contributed by atoms with Crippen molar-refractivity contribution in [2.24, 2.45) is 0 Å². The number of anilines is 1. The maximum Gasteiger partial charge on any atom is 0.221 e. The van der Waals surface area contributed by atoms with Crippen LogP contribution in [0.5, 0.6) is 17.2 Å². The van der Waals surface area contributed by atoms with Gasteiger partial charge in [0.2, 0.25) is 5.91 Å². The van der Waals surface area contributed by atoms with Crippen molar-refractivity contribution in [3.63, 3.8) is 0 Å². The Morgan fingerprint density at radius 2 is 1.36 bits per heavy atom. The number of carbonyl (C=O) groups is 1. The summed E-state index contributed by atoms with van der Waals surface area (Å²) in [6, 6.07) is 14.1. The summed E-state index contributed by atoms with van der Waals surface area (Å²) in [5, 5.41) is 12.6. The van der Waals surface area contributed by atoms with Crippen molar-refractivity contribution >= 4 is 11.6 Å². The van der Waals surface area contributed by atoms with Crippen molar-refractivity contribution in [3.8, 4) is 17.2 Å². The number of carbonyl (C=O) groups excluding carboxylic acids is 1. The van der Waals surface area contributed by atoms with E-state index < -0.39 is 6.10 Å². The molecule has 25 heavy (non-hydrogen) atoms. The van der Waals surface area contributed by atoms with Crippen molar-refractivity contribution in [2.75, 3.05) is 25.1 Å². The highest BCUT2D eigenvalue weighted by Crippen LogP contribution is 2.18. The minimum absolute atomic E-state index is 0.108. The first-order chi connectivity index (χ1) is 12.1. The van der Waals surface area contributed by atoms with E-state index in [0.29, 0.717) is 23.8 Å². The van der Waals surface area contributed by atoms with Gasteiger partial charge in [-0.3, -0.25) is 4.79 Å². The first-order valence-corrected chi connectivity index (χ1v) is 8.11. The van der Waals surface area contributed by atoms with Crippen molar-refractivity contribution in [2.45, 2.75) is 20.0 Å². The van der Waals surface area contributed by atoms with Crippen LogP contribution in [0.3, 0.4) is 0 Å². The summed E-state index contributed by atoms with van der Waals surface area (Å²) in [5.74, 6) is 1.91. The standard InChI is InChI=1S/C19H23NO5/c1-3-23-17-8-10-19(11-9-17)25-13-16(22)12-24-18-6-4-15(5-7-18)20-14(2)21/h4-11,16,22H,3,12-13H2,1-2H3,(H,20,21). The molecular weight excluding hydrogens is 322 g/mol. The third-order valence-corrected chi connectivity index (χ3v) is 3.19. The maximum atomic E-state index is 11.0. The van der Waals surface area contributed by atoms with Crippen LogP contribution in [0.15, 0.2) is 48.5 Å². The highest BCUT2D eigenvalue weighted by Gasteiger charge is 2.07. The lowest BCUT2D eigenvalue weighted by Gasteiger charge is -2.14. The molecule has 6 nitrogen and oxygen atoms in total. The van der Waals surface area contributed by atoms with Gasteiger partial charge in [-0.05, 0) is 55.5 Å². The molecular formula is C19H23NO5. The molecule has 1 amide bonds. The lowest BCUT2D eigenvalue weighted by Crippen LogP contribution is -2.25. The fourth-order valence-corrected chi connectivity index (χ4v) is 2.07. The summed E-state index contributed by atoms with van der Waals surface area (Å²) in [5.41, 5.74) is 0.694. The van der Waals surface area contributed by atoms with Gasteiger partial charge < -0.3 is 24.6 Å². The minimum atomic E-state index is -0.762. The number of benzene rings is 2. The normalized spacial score (nSPS) is 11.5. The van der Waals surface area contributed by atoms with Gasteiger partial charge in [0.05, 0.1) is 6.61 Å². The zero-order valence-electron chi connectivity index (χ0n) is 14.4. The predicted molar refractivity (Wildman–Crippen MR) is 95.4 cm³/mol. The molecule has 134 valence electrons. The average Bonchev–Trinajstić information content (AvgIpc) is 2.60. The Morgan fingerprint density at radius 3 is 1.80 bits per heavy atom. The smallest absolute Gasteiger partial charge is 0.221 e. The van der Waals surface area contributed by atoms with E-state index in [2.05, 4.69) is 5.32 Å². The fourth-order valence-electron chi connectivity index (χ4n) is 2.07. The van der Waals surface area contributed by atoms with Gasteiger partial charge in [-0.25, -0.2) is 0 Å². The second kappa shape index (κ2) is 9.54. The Kier molecular flexibility index (Phi) is 7.10. The van der Waals surface area contributed by atoms with Gasteiger partial charge in [0.15, 0.2) is 0 Å². The molecule has 0 fully saturated rings. The fraction of sp³-hybridized carbons (Fsp3) is 0.316. The van der Waals surface area contributed by atoms with E-state index >= 15 is 0 Å². The molecule has 1 unspecified atom stereocenters. The molecule has 0 saturated heterocycles. The van der Waals surface area contributed by atoms with Crippen LogP contribution in [-0.2, 0) is 4.79 Å². The second-order valence-electron chi connectivity index (χ2n) is 5.39. The van der Waals surface area contributed by atoms with Crippen LogP contribution in [0.4, 0.5) is 5.69 Å². The molecule has 2 aromatic carbocycles. The summed E-state index contributed by atoms with van der Waals surface area (Å²) < 4.78 is 16.4. The Hall–Kier alpha value is -2.73. The quantitative estimate of drug-likeness (QED) is 0.731. The lowest BCUT2D eigenvalue weighted by atomic mass is 10.3. The largest absolute Gasteiger partial charge is 0.494 e. The monoisotopic (exact) mass is 345 g/mol. The third kappa shape index (κ3) is 6.73. The van der Waals surface area contributed by atoms with Crippen LogP contribution in [0.2, 0.25) is 0 Å². The minimum Gasteiger partial charge on any atom is -0.494 e. The maximum absolute atomic E-state index is 11.0. The number of amides is 1. The Bertz CT molecular complexity index is 655. The second-order valence-corrected chi connectivity index (χ2v) is 5.39. The Balaban J connectivity index is 1.72. The van der Waals surface area contributed by atoms with E-state index in [9.17, 15) is 9.90 Å². The van der Waals surface area contributed by atoms with Crippen LogP contribution in [-0.4, -0.2) is 36.9 Å². The van der Waals surface area contributed by atoms with Crippen molar-refractivity contribution in [1.82, 2.24) is 0 Å². The zero-order chi connectivity index (χ0) is 18.1. The third-order valence-electron chi connectivity index (χ3n) is 3.19. The van der Waals surface area contributed by atoms with E-state index in [1.807, 2.05) is 19.1 Å². The van der Waals surface area contributed by atoms with Crippen LogP contribution in [0.25, 0.3) is 0 Å². The van der Waals surface area contributed by atoms with Gasteiger partial charge in [0, 0.05) is 12.6 Å². The molecule has 0 aliphatic rings. The highest BCUT2D eigenvalue weighted by atomic mass is 16.5. The number of aliphatic hydroxyl groups excluding tert-OH is 1. The lowest BCUT2D eigenvalue weighted by molar-refractivity contribution is -0.114. The van der Waals surface area contributed by atoms with Gasteiger partial charge in [-0.2, -0.15) is 0 Å². The van der Waals surface area contributed by atoms with Crippen LogP contribution >= 0.6 is 0 Å². The molecule has 0 radical (unpaired) electrons. The molecule has 0 aliphatic carbocycles. The summed E-state index contributed by atoms with van der Waals surface area (Å²) in [7, 11) is 0. The van der Waals surface area contributed by atoms with E-state index in [4.69, 9.17) is 14.2 Å². The summed E-state index contributed by atoms with van der Waals surface area (Å²) in [6.45, 7) is 4.22.